The number of rotatable bonds is 12. The van der Waals surface area contributed by atoms with Crippen molar-refractivity contribution in [3.8, 4) is 11.5 Å². The molecule has 2 heterocycles. The second-order valence-corrected chi connectivity index (χ2v) is 18.6. The molecule has 2 amide bonds. The largest absolute Gasteiger partial charge is 0.490 e. The van der Waals surface area contributed by atoms with Gasteiger partial charge in [-0.1, -0.05) is 58.0 Å². The maximum absolute atomic E-state index is 12.2. The number of amides is 2. The summed E-state index contributed by atoms with van der Waals surface area (Å²) in [6.45, 7) is 1.69. The first-order chi connectivity index (χ1) is 33.4. The van der Waals surface area contributed by atoms with Gasteiger partial charge < -0.3 is 36.3 Å². The predicted molar refractivity (Wildman–Crippen MR) is 278 cm³/mol. The van der Waals surface area contributed by atoms with Gasteiger partial charge in [-0.3, -0.25) is 9.59 Å². The fraction of sp³-hybridized carbons (Fsp3) is 0.340. The van der Waals surface area contributed by atoms with E-state index in [1.807, 2.05) is 48.5 Å². The van der Waals surface area contributed by atoms with E-state index in [0.717, 1.165) is 97.1 Å². The molecule has 0 bridgehead atoms. The summed E-state index contributed by atoms with van der Waals surface area (Å²) in [5.74, 6) is 0.441. The lowest BCUT2D eigenvalue weighted by Gasteiger charge is -2.29. The molecular weight excluding hydrogens is 1010 g/mol. The summed E-state index contributed by atoms with van der Waals surface area (Å²) in [6, 6.07) is 33.4. The molecule has 12 nitrogen and oxygen atoms in total. The highest BCUT2D eigenvalue weighted by Gasteiger charge is 2.38. The minimum Gasteiger partial charge on any atom is -0.484 e. The lowest BCUT2D eigenvalue weighted by Crippen LogP contribution is -2.40. The SMILES string of the molecule is Clc1ccc2nc(Cl)ccc2c1.NCC1CCC(NC(=O)COc2ccc(Cl)cc2)CC1.O=C(COc1ccc(Cl)cc1)NC1CCC(CNc2ccc3cc(Cl)ccc3n2)CC1.O=C(O)C(F)(F)F.[HH].[HH].[HH]. The number of carboxylic acid groups (broad SMARTS) is 1. The smallest absolute Gasteiger partial charge is 0.484 e. The van der Waals surface area contributed by atoms with Gasteiger partial charge in [0.15, 0.2) is 13.2 Å². The van der Waals surface area contributed by atoms with E-state index in [9.17, 15) is 22.8 Å². The van der Waals surface area contributed by atoms with Gasteiger partial charge in [-0.05, 0) is 179 Å². The van der Waals surface area contributed by atoms with E-state index in [-0.39, 0.29) is 41.4 Å². The van der Waals surface area contributed by atoms with Crippen LogP contribution in [0.3, 0.4) is 0 Å². The number of nitrogens with one attached hydrogen (secondary N) is 3. The number of aromatic nitrogens is 2. The number of carbonyl (C=O) groups is 3. The number of hydrogen-bond acceptors (Lipinski definition) is 9. The molecule has 0 saturated heterocycles. The highest BCUT2D eigenvalue weighted by Crippen LogP contribution is 2.27. The van der Waals surface area contributed by atoms with Crippen LogP contribution in [0.25, 0.3) is 21.8 Å². The maximum atomic E-state index is 12.2. The zero-order valence-electron chi connectivity index (χ0n) is 37.7. The van der Waals surface area contributed by atoms with Crippen molar-refractivity contribution in [1.82, 2.24) is 20.6 Å². The first kappa shape index (κ1) is 55.6. The number of hydrogen-bond donors (Lipinski definition) is 5. The van der Waals surface area contributed by atoms with Crippen LogP contribution >= 0.6 is 58.0 Å². The van der Waals surface area contributed by atoms with Crippen LogP contribution in [0.5, 0.6) is 11.5 Å². The number of halogens is 8. The Balaban J connectivity index is 0.000000372. The third-order valence-electron chi connectivity index (χ3n) is 11.2. The molecule has 2 aromatic heterocycles. The van der Waals surface area contributed by atoms with E-state index in [4.69, 9.17) is 83.1 Å². The quantitative estimate of drug-likeness (QED) is 0.0741. The molecule has 0 radical (unpaired) electrons. The first-order valence-corrected chi connectivity index (χ1v) is 24.2. The van der Waals surface area contributed by atoms with Crippen LogP contribution in [-0.2, 0) is 14.4 Å². The van der Waals surface area contributed by atoms with Crippen molar-refractivity contribution in [2.75, 3.05) is 31.6 Å². The Labute approximate surface area is 433 Å². The Kier molecular flexibility index (Phi) is 22.2. The number of nitrogens with zero attached hydrogens (tertiary/aromatic N) is 2. The van der Waals surface area contributed by atoms with Gasteiger partial charge in [0.05, 0.1) is 11.0 Å². The third kappa shape index (κ3) is 19.8. The molecule has 70 heavy (non-hydrogen) atoms. The van der Waals surface area contributed by atoms with E-state index in [1.165, 1.54) is 0 Å². The fourth-order valence-electron chi connectivity index (χ4n) is 7.47. The standard InChI is InChI=1S/C24H25Cl2N3O2.C15H21ClN2O2.C9H5Cl2N.C2HF3O2.3H2/c25-18-4-9-21(10-5-18)31-15-24(30)28-20-7-1-16(2-8-20)14-27-23-12-3-17-13-19(26)6-11-22(17)29-23;16-12-3-7-14(8-4-12)20-10-15(19)18-13-5-1-11(9-17)2-6-13;10-7-2-3-8-6(5-7)1-4-9(11)12-8;3-2(4,5)1(6)7;;;/h3-6,9-13,16,20H,1-2,7-8,14-15H2,(H,27,29)(H,28,30);3-4,7-8,11,13H,1-2,5-6,9-10,17H2,(H,18,19);1-5H;(H,6,7);3*1H. The molecule has 2 saturated carbocycles. The highest BCUT2D eigenvalue weighted by molar-refractivity contribution is 6.32. The summed E-state index contributed by atoms with van der Waals surface area (Å²) in [5.41, 5.74) is 7.46. The number of benzene rings is 4. The number of fused-ring (bicyclic) bond motifs is 2. The lowest BCUT2D eigenvalue weighted by molar-refractivity contribution is -0.192. The van der Waals surface area contributed by atoms with Crippen molar-refractivity contribution < 1.29 is 46.4 Å². The minimum absolute atomic E-state index is 0. The molecule has 0 atom stereocenters. The Morgan fingerprint density at radius 2 is 1.01 bits per heavy atom. The summed E-state index contributed by atoms with van der Waals surface area (Å²) in [6.07, 6.45) is 3.21. The van der Waals surface area contributed by atoms with Gasteiger partial charge in [0, 0.05) is 53.8 Å². The fourth-order valence-corrected chi connectivity index (χ4v) is 8.23. The molecule has 6 N–H and O–H groups in total. The summed E-state index contributed by atoms with van der Waals surface area (Å²) >= 11 is 29.2. The molecule has 2 aliphatic rings. The highest BCUT2D eigenvalue weighted by atomic mass is 35.5. The predicted octanol–water partition coefficient (Wildman–Crippen LogP) is 13.0. The number of aliphatic carboxylic acids is 1. The van der Waals surface area contributed by atoms with Crippen LogP contribution < -0.4 is 31.2 Å². The number of anilines is 1. The number of carbonyl (C=O) groups excluding carboxylic acids is 2. The number of nitrogens with two attached hydrogens (primary N) is 1. The third-order valence-corrected chi connectivity index (χ3v) is 12.4. The van der Waals surface area contributed by atoms with Crippen LogP contribution in [0.2, 0.25) is 25.2 Å². The van der Waals surface area contributed by atoms with Gasteiger partial charge in [-0.15, -0.1) is 0 Å². The number of pyridine rings is 2. The molecule has 0 aliphatic heterocycles. The maximum Gasteiger partial charge on any atom is 0.490 e. The summed E-state index contributed by atoms with van der Waals surface area (Å²) in [5, 5.41) is 22.0. The zero-order valence-corrected chi connectivity index (χ0v) is 41.5. The van der Waals surface area contributed by atoms with Crippen LogP contribution in [-0.4, -0.2) is 77.4 Å². The van der Waals surface area contributed by atoms with Gasteiger partial charge in [0.2, 0.25) is 0 Å². The number of alkyl halides is 3. The average molecular weight is 1070 g/mol. The number of carboxylic acids is 1. The Morgan fingerprint density at radius 3 is 1.46 bits per heavy atom. The molecule has 2 fully saturated rings. The first-order valence-electron chi connectivity index (χ1n) is 22.3. The van der Waals surface area contributed by atoms with Crippen LogP contribution in [0, 0.1) is 11.8 Å². The van der Waals surface area contributed by atoms with Crippen molar-refractivity contribution in [3.63, 3.8) is 0 Å². The number of ether oxygens (including phenoxy) is 2. The summed E-state index contributed by atoms with van der Waals surface area (Å²) < 4.78 is 42.7. The molecule has 2 aliphatic carbocycles. The van der Waals surface area contributed by atoms with Gasteiger partial charge in [0.25, 0.3) is 11.8 Å². The second-order valence-electron chi connectivity index (χ2n) is 16.5. The van der Waals surface area contributed by atoms with E-state index < -0.39 is 12.1 Å². The molecule has 8 rings (SSSR count). The van der Waals surface area contributed by atoms with E-state index in [0.29, 0.717) is 43.6 Å². The van der Waals surface area contributed by atoms with E-state index >= 15 is 0 Å². The Hall–Kier alpha value is -5.29. The van der Waals surface area contributed by atoms with Crippen molar-refractivity contribution in [1.29, 1.82) is 0 Å². The molecule has 4 aromatic carbocycles. The van der Waals surface area contributed by atoms with Gasteiger partial charge in [-0.2, -0.15) is 13.2 Å². The minimum atomic E-state index is -5.08. The summed E-state index contributed by atoms with van der Waals surface area (Å²) in [4.78, 5) is 41.7. The second kappa shape index (κ2) is 27.9. The topological polar surface area (TPSA) is 178 Å². The summed E-state index contributed by atoms with van der Waals surface area (Å²) in [7, 11) is 0. The van der Waals surface area contributed by atoms with Crippen LogP contribution in [0.4, 0.5) is 19.0 Å². The molecule has 20 heteroatoms. The van der Waals surface area contributed by atoms with Crippen molar-refractivity contribution in [3.05, 3.63) is 134 Å². The normalized spacial score (nSPS) is 17.5. The lowest BCUT2D eigenvalue weighted by atomic mass is 9.86. The van der Waals surface area contributed by atoms with E-state index in [1.54, 1.807) is 60.7 Å². The average Bonchev–Trinajstić information content (AvgIpc) is 3.34. The van der Waals surface area contributed by atoms with Crippen LogP contribution in [0.1, 0.15) is 55.6 Å². The zero-order chi connectivity index (χ0) is 50.6. The van der Waals surface area contributed by atoms with Crippen LogP contribution in [0.15, 0.2) is 109 Å². The Morgan fingerprint density at radius 1 is 0.600 bits per heavy atom. The molecule has 6 aromatic rings. The van der Waals surface area contributed by atoms with Crippen molar-refractivity contribution >= 4 is 103 Å². The molecular formula is C50H58Cl5F3N6O6. The van der Waals surface area contributed by atoms with Gasteiger partial charge >= 0.3 is 12.1 Å². The van der Waals surface area contributed by atoms with E-state index in [2.05, 4.69) is 25.9 Å². The van der Waals surface area contributed by atoms with Crippen molar-refractivity contribution in [2.45, 2.75) is 69.6 Å². The molecule has 0 unspecified atom stereocenters. The molecule has 0 spiro atoms. The van der Waals surface area contributed by atoms with Crippen molar-refractivity contribution in [2.24, 2.45) is 17.6 Å². The molecule has 380 valence electrons. The Bertz CT molecular complexity index is 2600. The monoisotopic (exact) mass is 1070 g/mol. The van der Waals surface area contributed by atoms with Gasteiger partial charge in [-0.25, -0.2) is 14.8 Å². The van der Waals surface area contributed by atoms with Gasteiger partial charge in [0.1, 0.15) is 22.5 Å².